The van der Waals surface area contributed by atoms with Crippen molar-refractivity contribution in [3.05, 3.63) is 39.6 Å². The van der Waals surface area contributed by atoms with Crippen LogP contribution in [0.3, 0.4) is 0 Å². The number of halogens is 2. The molecule has 4 nitrogen and oxygen atoms in total. The molecule has 0 aliphatic heterocycles. The van der Waals surface area contributed by atoms with E-state index in [1.54, 1.807) is 0 Å². The van der Waals surface area contributed by atoms with Crippen molar-refractivity contribution < 1.29 is 9.26 Å². The molecular weight excluding hydrogens is 383 g/mol. The third kappa shape index (κ3) is 3.31. The van der Waals surface area contributed by atoms with Crippen molar-refractivity contribution in [1.82, 2.24) is 5.16 Å². The Morgan fingerprint density at radius 1 is 1.07 bits per heavy atom. The summed E-state index contributed by atoms with van der Waals surface area (Å²) < 4.78 is 12.1. The van der Waals surface area contributed by atoms with Crippen LogP contribution >= 0.6 is 23.2 Å². The number of nitrogens with two attached hydrogens (primary N) is 1. The molecule has 2 N–H and O–H groups in total. The Labute approximate surface area is 169 Å². The van der Waals surface area contributed by atoms with Crippen LogP contribution in [-0.2, 0) is 11.3 Å². The molecule has 0 radical (unpaired) electrons. The molecule has 0 unspecified atom stereocenters. The Morgan fingerprint density at radius 3 is 2.37 bits per heavy atom. The standard InChI is InChI=1S/C21H24Cl2N2O2/c22-16-2-1-3-17(23)18(16)20-15(21(27-25-20)11-4-5-11)10-26-14-8-12-6-7-13(9-14)19(12)24/h1-3,11-14,19H,4-10,24H2/t12-,13+,14-,19-. The van der Waals surface area contributed by atoms with Gasteiger partial charge in [0.05, 0.1) is 22.8 Å². The van der Waals surface area contributed by atoms with Crippen molar-refractivity contribution in [2.24, 2.45) is 17.6 Å². The molecule has 1 heterocycles. The number of hydrogen-bond acceptors (Lipinski definition) is 4. The highest BCUT2D eigenvalue weighted by Gasteiger charge is 2.41. The first kappa shape index (κ1) is 18.0. The van der Waals surface area contributed by atoms with Gasteiger partial charge < -0.3 is 15.0 Å². The lowest BCUT2D eigenvalue weighted by atomic mass is 9.83. The van der Waals surface area contributed by atoms with E-state index in [4.69, 9.17) is 38.2 Å². The summed E-state index contributed by atoms with van der Waals surface area (Å²) in [4.78, 5) is 0. The molecule has 2 bridgehead atoms. The van der Waals surface area contributed by atoms with Crippen LogP contribution < -0.4 is 5.73 Å². The topological polar surface area (TPSA) is 61.3 Å². The second kappa shape index (κ2) is 7.07. The van der Waals surface area contributed by atoms with Crippen molar-refractivity contribution in [3.63, 3.8) is 0 Å². The largest absolute Gasteiger partial charge is 0.373 e. The quantitative estimate of drug-likeness (QED) is 0.705. The molecule has 0 spiro atoms. The lowest BCUT2D eigenvalue weighted by Crippen LogP contribution is -2.40. The van der Waals surface area contributed by atoms with Gasteiger partial charge in [-0.3, -0.25) is 0 Å². The fourth-order valence-corrected chi connectivity index (χ4v) is 5.48. The number of aromatic nitrogens is 1. The Balaban J connectivity index is 1.41. The molecule has 5 rings (SSSR count). The normalized spacial score (nSPS) is 30.0. The first-order chi connectivity index (χ1) is 13.1. The molecule has 0 saturated heterocycles. The van der Waals surface area contributed by atoms with Crippen molar-refractivity contribution in [3.8, 4) is 11.3 Å². The molecule has 1 aromatic heterocycles. The second-order valence-electron chi connectivity index (χ2n) is 8.32. The number of nitrogens with zero attached hydrogens (tertiary/aromatic N) is 1. The summed E-state index contributed by atoms with van der Waals surface area (Å²) in [5, 5.41) is 5.51. The minimum Gasteiger partial charge on any atom is -0.373 e. The van der Waals surface area contributed by atoms with E-state index in [1.807, 2.05) is 18.2 Å². The molecule has 3 fully saturated rings. The van der Waals surface area contributed by atoms with Crippen molar-refractivity contribution in [2.75, 3.05) is 0 Å². The highest BCUT2D eigenvalue weighted by atomic mass is 35.5. The Morgan fingerprint density at radius 2 is 1.74 bits per heavy atom. The minimum atomic E-state index is 0.263. The van der Waals surface area contributed by atoms with E-state index in [0.29, 0.717) is 40.4 Å². The molecule has 3 aliphatic carbocycles. The van der Waals surface area contributed by atoms with E-state index in [2.05, 4.69) is 5.16 Å². The molecule has 3 aliphatic rings. The van der Waals surface area contributed by atoms with Crippen LogP contribution in [0.1, 0.15) is 55.8 Å². The van der Waals surface area contributed by atoms with Gasteiger partial charge in [0.15, 0.2) is 0 Å². The molecule has 0 amide bonds. The van der Waals surface area contributed by atoms with E-state index in [9.17, 15) is 0 Å². The number of benzene rings is 1. The van der Waals surface area contributed by atoms with Gasteiger partial charge in [0.1, 0.15) is 11.5 Å². The zero-order valence-corrected chi connectivity index (χ0v) is 16.7. The molecule has 3 saturated carbocycles. The average molecular weight is 407 g/mol. The van der Waals surface area contributed by atoms with Crippen LogP contribution in [0.2, 0.25) is 10.0 Å². The van der Waals surface area contributed by atoms with Crippen LogP contribution in [0.25, 0.3) is 11.3 Å². The predicted molar refractivity (Wildman–Crippen MR) is 106 cm³/mol. The SMILES string of the molecule is N[C@@H]1[C@@H]2CC[C@H]1C[C@H](OCc1c(-c3c(Cl)cccc3Cl)noc1C1CC1)C2. The summed E-state index contributed by atoms with van der Waals surface area (Å²) in [6.07, 6.45) is 7.15. The van der Waals surface area contributed by atoms with Gasteiger partial charge in [0.2, 0.25) is 0 Å². The molecule has 144 valence electrons. The van der Waals surface area contributed by atoms with Crippen LogP contribution in [0, 0.1) is 11.8 Å². The van der Waals surface area contributed by atoms with Gasteiger partial charge in [-0.05, 0) is 62.5 Å². The lowest BCUT2D eigenvalue weighted by Gasteiger charge is -2.33. The summed E-state index contributed by atoms with van der Waals surface area (Å²) in [5.41, 5.74) is 8.80. The smallest absolute Gasteiger partial charge is 0.145 e. The average Bonchev–Trinajstić information content (AvgIpc) is 3.38. The third-order valence-corrected chi connectivity index (χ3v) is 7.19. The van der Waals surface area contributed by atoms with Crippen LogP contribution in [0.5, 0.6) is 0 Å². The first-order valence-electron chi connectivity index (χ1n) is 9.91. The zero-order chi connectivity index (χ0) is 18.5. The van der Waals surface area contributed by atoms with Gasteiger partial charge in [-0.2, -0.15) is 0 Å². The number of hydrogen-bond donors (Lipinski definition) is 1. The van der Waals surface area contributed by atoms with Gasteiger partial charge in [0, 0.05) is 23.1 Å². The maximum atomic E-state index is 6.43. The number of fused-ring (bicyclic) bond motifs is 2. The predicted octanol–water partition coefficient (Wildman–Crippen LogP) is 5.56. The van der Waals surface area contributed by atoms with Crippen molar-refractivity contribution in [1.29, 1.82) is 0 Å². The molecule has 27 heavy (non-hydrogen) atoms. The molecule has 2 aromatic rings. The van der Waals surface area contributed by atoms with E-state index in [-0.39, 0.29) is 6.10 Å². The van der Waals surface area contributed by atoms with Crippen molar-refractivity contribution >= 4 is 23.2 Å². The van der Waals surface area contributed by atoms with Gasteiger partial charge >= 0.3 is 0 Å². The van der Waals surface area contributed by atoms with Crippen molar-refractivity contribution in [2.45, 2.75) is 63.2 Å². The van der Waals surface area contributed by atoms with Gasteiger partial charge in [-0.15, -0.1) is 0 Å². The number of ether oxygens (including phenoxy) is 1. The maximum absolute atomic E-state index is 6.43. The van der Waals surface area contributed by atoms with E-state index in [0.717, 1.165) is 48.3 Å². The molecule has 6 heteroatoms. The van der Waals surface area contributed by atoms with Gasteiger partial charge in [-0.1, -0.05) is 34.4 Å². The van der Waals surface area contributed by atoms with Crippen LogP contribution in [-0.4, -0.2) is 17.3 Å². The molecular formula is C21H24Cl2N2O2. The Kier molecular flexibility index (Phi) is 4.71. The van der Waals surface area contributed by atoms with Gasteiger partial charge in [0.25, 0.3) is 0 Å². The highest BCUT2D eigenvalue weighted by molar-refractivity contribution is 6.39. The molecule has 4 atom stereocenters. The second-order valence-corrected chi connectivity index (χ2v) is 9.14. The summed E-state index contributed by atoms with van der Waals surface area (Å²) >= 11 is 12.9. The Hall–Kier alpha value is -1.07. The van der Waals surface area contributed by atoms with E-state index >= 15 is 0 Å². The van der Waals surface area contributed by atoms with Crippen LogP contribution in [0.4, 0.5) is 0 Å². The van der Waals surface area contributed by atoms with Gasteiger partial charge in [-0.25, -0.2) is 0 Å². The number of rotatable bonds is 5. The lowest BCUT2D eigenvalue weighted by molar-refractivity contribution is -0.00648. The summed E-state index contributed by atoms with van der Waals surface area (Å²) in [6.45, 7) is 0.492. The fraction of sp³-hybridized carbons (Fsp3) is 0.571. The Bertz CT molecular complexity index is 814. The monoisotopic (exact) mass is 406 g/mol. The van der Waals surface area contributed by atoms with E-state index < -0.39 is 0 Å². The maximum Gasteiger partial charge on any atom is 0.145 e. The summed E-state index contributed by atoms with van der Waals surface area (Å²) in [7, 11) is 0. The van der Waals surface area contributed by atoms with Crippen LogP contribution in [0.15, 0.2) is 22.7 Å². The third-order valence-electron chi connectivity index (χ3n) is 6.56. The fourth-order valence-electron chi connectivity index (χ4n) is 4.90. The highest BCUT2D eigenvalue weighted by Crippen LogP contribution is 2.47. The first-order valence-corrected chi connectivity index (χ1v) is 10.7. The molecule has 1 aromatic carbocycles. The minimum absolute atomic E-state index is 0.263. The van der Waals surface area contributed by atoms with E-state index in [1.165, 1.54) is 12.8 Å². The summed E-state index contributed by atoms with van der Waals surface area (Å²) in [5.74, 6) is 2.60. The zero-order valence-electron chi connectivity index (χ0n) is 15.2. The summed E-state index contributed by atoms with van der Waals surface area (Å²) in [6, 6.07) is 5.87.